The van der Waals surface area contributed by atoms with E-state index in [0.29, 0.717) is 29.5 Å². The molecule has 0 aliphatic carbocycles. The number of nitrogens with one attached hydrogen (secondary N) is 1. The van der Waals surface area contributed by atoms with Crippen LogP contribution in [0.5, 0.6) is 17.5 Å². The molecule has 1 aliphatic rings. The van der Waals surface area contributed by atoms with E-state index in [4.69, 9.17) is 14.7 Å². The molecule has 0 saturated heterocycles. The Kier molecular flexibility index (Phi) is 6.48. The van der Waals surface area contributed by atoms with Gasteiger partial charge in [0.1, 0.15) is 17.2 Å². The molecule has 40 heavy (non-hydrogen) atoms. The normalized spacial score (nSPS) is 13.3. The van der Waals surface area contributed by atoms with Crippen molar-refractivity contribution in [3.8, 4) is 38.7 Å². The van der Waals surface area contributed by atoms with Crippen LogP contribution in [0.2, 0.25) is 0 Å². The van der Waals surface area contributed by atoms with Crippen molar-refractivity contribution in [3.05, 3.63) is 71.1 Å². The summed E-state index contributed by atoms with van der Waals surface area (Å²) in [5, 5.41) is 23.2. The molecule has 0 spiro atoms. The lowest BCUT2D eigenvalue weighted by Gasteiger charge is -2.17. The maximum absolute atomic E-state index is 12.6. The molecule has 0 radical (unpaired) electrons. The van der Waals surface area contributed by atoms with Gasteiger partial charge in [-0.2, -0.15) is 5.01 Å². The SMILES string of the molecule is CC1=CC(=O)N(Nc2nc(-c3cccs3)nc3sc(-c4ccc(OCCn5c(O)ccc5O)cc4)c(C)c23)C1=O. The number of imide groups is 1. The summed E-state index contributed by atoms with van der Waals surface area (Å²) in [4.78, 5) is 37.1. The number of aryl methyl sites for hydroxylation is 1. The van der Waals surface area contributed by atoms with Crippen molar-refractivity contribution in [2.45, 2.75) is 20.4 Å². The van der Waals surface area contributed by atoms with Gasteiger partial charge in [-0.25, -0.2) is 9.97 Å². The zero-order valence-electron chi connectivity index (χ0n) is 21.4. The lowest BCUT2D eigenvalue weighted by Crippen LogP contribution is -2.36. The molecule has 4 aromatic heterocycles. The van der Waals surface area contributed by atoms with Gasteiger partial charge in [-0.15, -0.1) is 22.7 Å². The highest BCUT2D eigenvalue weighted by Crippen LogP contribution is 2.42. The van der Waals surface area contributed by atoms with E-state index in [1.807, 2.05) is 48.7 Å². The van der Waals surface area contributed by atoms with E-state index in [-0.39, 0.29) is 18.4 Å². The molecule has 3 N–H and O–H groups in total. The number of hydrogen-bond donors (Lipinski definition) is 3. The Morgan fingerprint density at radius 1 is 1.00 bits per heavy atom. The molecule has 10 nitrogen and oxygen atoms in total. The van der Waals surface area contributed by atoms with Gasteiger partial charge < -0.3 is 14.9 Å². The summed E-state index contributed by atoms with van der Waals surface area (Å²) in [6, 6.07) is 14.3. The van der Waals surface area contributed by atoms with Crippen LogP contribution in [0.25, 0.3) is 31.4 Å². The molecule has 6 rings (SSSR count). The fourth-order valence-corrected chi connectivity index (χ4v) is 6.29. The minimum Gasteiger partial charge on any atom is -0.494 e. The highest BCUT2D eigenvalue weighted by atomic mass is 32.1. The van der Waals surface area contributed by atoms with Crippen molar-refractivity contribution < 1.29 is 24.5 Å². The number of carbonyl (C=O) groups excluding carboxylic acids is 2. The van der Waals surface area contributed by atoms with Gasteiger partial charge in [-0.3, -0.25) is 19.6 Å². The Bertz CT molecular complexity index is 1770. The van der Waals surface area contributed by atoms with Gasteiger partial charge in [0.2, 0.25) is 0 Å². The summed E-state index contributed by atoms with van der Waals surface area (Å²) in [5.74, 6) is 0.615. The van der Waals surface area contributed by atoms with Crippen molar-refractivity contribution >= 4 is 50.5 Å². The van der Waals surface area contributed by atoms with E-state index in [1.165, 1.54) is 45.4 Å². The molecule has 202 valence electrons. The Labute approximate surface area is 236 Å². The smallest absolute Gasteiger partial charge is 0.275 e. The van der Waals surface area contributed by atoms with Crippen LogP contribution in [-0.2, 0) is 16.1 Å². The molecule has 0 unspecified atom stereocenters. The molecular weight excluding hydrogens is 550 g/mol. The molecular formula is C28H23N5O5S2. The highest BCUT2D eigenvalue weighted by Gasteiger charge is 2.30. The average Bonchev–Trinajstić information content (AvgIpc) is 3.71. The number of aromatic hydroxyl groups is 2. The molecule has 1 aliphatic heterocycles. The number of thiophene rings is 2. The first kappa shape index (κ1) is 25.6. The molecule has 0 atom stereocenters. The van der Waals surface area contributed by atoms with Crippen LogP contribution in [0.3, 0.4) is 0 Å². The van der Waals surface area contributed by atoms with E-state index in [9.17, 15) is 19.8 Å². The number of carbonyl (C=O) groups is 2. The van der Waals surface area contributed by atoms with Gasteiger partial charge in [-0.1, -0.05) is 6.07 Å². The number of rotatable bonds is 8. The van der Waals surface area contributed by atoms with Crippen molar-refractivity contribution in [1.29, 1.82) is 0 Å². The molecule has 5 heterocycles. The summed E-state index contributed by atoms with van der Waals surface area (Å²) in [5.41, 5.74) is 5.17. The zero-order valence-corrected chi connectivity index (χ0v) is 23.0. The number of ether oxygens (including phenoxy) is 1. The molecule has 12 heteroatoms. The van der Waals surface area contributed by atoms with Crippen LogP contribution in [0.4, 0.5) is 5.82 Å². The fourth-order valence-electron chi connectivity index (χ4n) is 4.44. The Morgan fingerprint density at radius 2 is 1.75 bits per heavy atom. The zero-order chi connectivity index (χ0) is 28.0. The van der Waals surface area contributed by atoms with Gasteiger partial charge in [0, 0.05) is 28.7 Å². The first-order chi connectivity index (χ1) is 19.3. The first-order valence-corrected chi connectivity index (χ1v) is 14.0. The number of benzene rings is 1. The van der Waals surface area contributed by atoms with Crippen LogP contribution < -0.4 is 10.2 Å². The summed E-state index contributed by atoms with van der Waals surface area (Å²) in [6.07, 6.45) is 1.30. The number of hydrazine groups is 1. The van der Waals surface area contributed by atoms with Gasteiger partial charge in [0.05, 0.1) is 16.8 Å². The predicted molar refractivity (Wildman–Crippen MR) is 153 cm³/mol. The minimum absolute atomic E-state index is 0.0271. The van der Waals surface area contributed by atoms with Gasteiger partial charge in [0.15, 0.2) is 23.4 Å². The Hall–Kier alpha value is -4.68. The van der Waals surface area contributed by atoms with E-state index in [2.05, 4.69) is 5.43 Å². The molecule has 1 aromatic carbocycles. The van der Waals surface area contributed by atoms with E-state index < -0.39 is 11.8 Å². The first-order valence-electron chi connectivity index (χ1n) is 12.3. The lowest BCUT2D eigenvalue weighted by atomic mass is 10.1. The minimum atomic E-state index is -0.446. The van der Waals surface area contributed by atoms with Crippen molar-refractivity contribution in [1.82, 2.24) is 19.5 Å². The molecule has 0 saturated carbocycles. The molecule has 2 amide bonds. The highest BCUT2D eigenvalue weighted by molar-refractivity contribution is 7.22. The van der Waals surface area contributed by atoms with Crippen LogP contribution in [-0.4, -0.2) is 48.2 Å². The van der Waals surface area contributed by atoms with Gasteiger partial charge in [-0.05, 0) is 60.7 Å². The third-order valence-electron chi connectivity index (χ3n) is 6.48. The monoisotopic (exact) mass is 573 g/mol. The molecule has 0 bridgehead atoms. The lowest BCUT2D eigenvalue weighted by molar-refractivity contribution is -0.135. The van der Waals surface area contributed by atoms with Crippen molar-refractivity contribution in [2.75, 3.05) is 12.0 Å². The van der Waals surface area contributed by atoms with Crippen molar-refractivity contribution in [2.24, 2.45) is 0 Å². The Morgan fingerprint density at radius 3 is 2.40 bits per heavy atom. The third-order valence-corrected chi connectivity index (χ3v) is 8.59. The predicted octanol–water partition coefficient (Wildman–Crippen LogP) is 5.33. The number of anilines is 1. The average molecular weight is 574 g/mol. The second kappa shape index (κ2) is 10.1. The van der Waals surface area contributed by atoms with E-state index in [0.717, 1.165) is 36.1 Å². The number of nitrogens with zero attached hydrogens (tertiary/aromatic N) is 4. The van der Waals surface area contributed by atoms with Crippen molar-refractivity contribution in [3.63, 3.8) is 0 Å². The number of hydrogen-bond acceptors (Lipinski definition) is 10. The Balaban J connectivity index is 1.31. The van der Waals surface area contributed by atoms with E-state index >= 15 is 0 Å². The van der Waals surface area contributed by atoms with Gasteiger partial charge >= 0.3 is 0 Å². The number of amides is 2. The van der Waals surface area contributed by atoms with Crippen LogP contribution in [0.1, 0.15) is 12.5 Å². The van der Waals surface area contributed by atoms with Crippen LogP contribution >= 0.6 is 22.7 Å². The largest absolute Gasteiger partial charge is 0.494 e. The maximum atomic E-state index is 12.6. The number of fused-ring (bicyclic) bond motifs is 1. The van der Waals surface area contributed by atoms with Crippen LogP contribution in [0, 0.1) is 6.92 Å². The quantitative estimate of drug-likeness (QED) is 0.213. The van der Waals surface area contributed by atoms with E-state index in [1.54, 1.807) is 6.92 Å². The summed E-state index contributed by atoms with van der Waals surface area (Å²) in [6.45, 7) is 4.12. The second-order valence-electron chi connectivity index (χ2n) is 9.10. The second-order valence-corrected chi connectivity index (χ2v) is 11.0. The number of aromatic nitrogens is 3. The summed E-state index contributed by atoms with van der Waals surface area (Å²) >= 11 is 3.00. The standard InChI is InChI=1S/C28H23N5O5S2/c1-15-14-22(36)33(28(15)37)31-26-23-16(2)24(40-27(23)30-25(29-26)19-4-3-13-39-19)17-5-7-18(8-6-17)38-12-11-32-20(34)9-10-21(32)35/h3-10,13-14,34-35H,11-12H2,1-2H3,(H,29,30,31). The molecule has 5 aromatic rings. The van der Waals surface area contributed by atoms with Crippen LogP contribution in [0.15, 0.2) is 65.6 Å². The summed E-state index contributed by atoms with van der Waals surface area (Å²) < 4.78 is 7.16. The van der Waals surface area contributed by atoms with Gasteiger partial charge in [0.25, 0.3) is 11.8 Å². The third kappa shape index (κ3) is 4.56. The topological polar surface area (TPSA) is 130 Å². The molecule has 0 fully saturated rings. The summed E-state index contributed by atoms with van der Waals surface area (Å²) in [7, 11) is 0. The fraction of sp³-hybridized carbons (Fsp3) is 0.143. The maximum Gasteiger partial charge on any atom is 0.275 e.